The first-order chi connectivity index (χ1) is 5.43. The van der Waals surface area contributed by atoms with Crippen molar-refractivity contribution in [2.45, 2.75) is 32.6 Å². The lowest BCUT2D eigenvalue weighted by Crippen LogP contribution is -2.10. The van der Waals surface area contributed by atoms with Crippen molar-refractivity contribution in [2.75, 3.05) is 6.61 Å². The highest BCUT2D eigenvalue weighted by molar-refractivity contribution is 5.88. The molecule has 0 aromatic carbocycles. The molecule has 1 rings (SSSR count). The molecule has 0 aliphatic heterocycles. The molecule has 1 aliphatic rings. The molecule has 0 bridgehead atoms. The van der Waals surface area contributed by atoms with Crippen LogP contribution in [-0.4, -0.2) is 12.3 Å². The molecule has 2 nitrogen and oxygen atoms in total. The Kier molecular flexibility index (Phi) is 3.54. The second kappa shape index (κ2) is 4.79. The summed E-state index contributed by atoms with van der Waals surface area (Å²) in [7, 11) is 0. The molecule has 11 heavy (non-hydrogen) atoms. The maximum atomic E-state index is 5.03. The van der Waals surface area contributed by atoms with E-state index in [1.807, 2.05) is 6.92 Å². The highest BCUT2D eigenvalue weighted by Crippen LogP contribution is 2.14. The summed E-state index contributed by atoms with van der Waals surface area (Å²) in [5, 5.41) is 3.95. The zero-order valence-electron chi connectivity index (χ0n) is 6.89. The Labute approximate surface area is 67.6 Å². The summed E-state index contributed by atoms with van der Waals surface area (Å²) in [5.74, 6) is 5.72. The van der Waals surface area contributed by atoms with Gasteiger partial charge in [-0.3, -0.25) is 0 Å². The third-order valence-electron chi connectivity index (χ3n) is 1.62. The van der Waals surface area contributed by atoms with E-state index in [0.717, 1.165) is 19.3 Å². The van der Waals surface area contributed by atoms with Crippen molar-refractivity contribution in [1.82, 2.24) is 0 Å². The average Bonchev–Trinajstić information content (AvgIpc) is 1.93. The van der Waals surface area contributed by atoms with E-state index >= 15 is 0 Å². The van der Waals surface area contributed by atoms with Crippen LogP contribution in [0.1, 0.15) is 32.6 Å². The van der Waals surface area contributed by atoms with Crippen LogP contribution >= 0.6 is 0 Å². The van der Waals surface area contributed by atoms with Crippen LogP contribution in [0.2, 0.25) is 0 Å². The Morgan fingerprint density at radius 1 is 1.55 bits per heavy atom. The first kappa shape index (κ1) is 8.13. The summed E-state index contributed by atoms with van der Waals surface area (Å²) in [6, 6.07) is 0. The molecule has 0 amide bonds. The molecule has 0 saturated heterocycles. The topological polar surface area (TPSA) is 21.6 Å². The predicted molar refractivity (Wildman–Crippen MR) is 45.3 cm³/mol. The molecule has 60 valence electrons. The van der Waals surface area contributed by atoms with Crippen LogP contribution in [0.25, 0.3) is 0 Å². The van der Waals surface area contributed by atoms with Crippen LogP contribution in [0.15, 0.2) is 5.16 Å². The first-order valence-corrected chi connectivity index (χ1v) is 4.01. The Bertz CT molecular complexity index is 191. The van der Waals surface area contributed by atoms with Gasteiger partial charge in [-0.1, -0.05) is 11.1 Å². The van der Waals surface area contributed by atoms with E-state index in [2.05, 4.69) is 17.0 Å². The van der Waals surface area contributed by atoms with Gasteiger partial charge in [-0.15, -0.1) is 5.92 Å². The maximum Gasteiger partial charge on any atom is 0.128 e. The van der Waals surface area contributed by atoms with Gasteiger partial charge in [0.1, 0.15) is 6.61 Å². The van der Waals surface area contributed by atoms with E-state index in [1.54, 1.807) is 0 Å². The summed E-state index contributed by atoms with van der Waals surface area (Å²) >= 11 is 0. The lowest BCUT2D eigenvalue weighted by molar-refractivity contribution is 0.148. The number of hydrogen-bond acceptors (Lipinski definition) is 2. The number of nitrogens with zero attached hydrogens (tertiary/aromatic N) is 1. The highest BCUT2D eigenvalue weighted by atomic mass is 16.6. The molecule has 0 aromatic heterocycles. The van der Waals surface area contributed by atoms with Crippen molar-refractivity contribution in [1.29, 1.82) is 0 Å². The lowest BCUT2D eigenvalue weighted by Gasteiger charge is -2.12. The lowest BCUT2D eigenvalue weighted by atomic mass is 9.98. The van der Waals surface area contributed by atoms with Crippen LogP contribution in [0.4, 0.5) is 0 Å². The van der Waals surface area contributed by atoms with E-state index in [9.17, 15) is 0 Å². The first-order valence-electron chi connectivity index (χ1n) is 4.01. The summed E-state index contributed by atoms with van der Waals surface area (Å²) < 4.78 is 0. The van der Waals surface area contributed by atoms with Gasteiger partial charge in [-0.05, 0) is 26.2 Å². The Morgan fingerprint density at radius 2 is 2.36 bits per heavy atom. The predicted octanol–water partition coefficient (Wildman–Crippen LogP) is 1.96. The van der Waals surface area contributed by atoms with Gasteiger partial charge in [-0.2, -0.15) is 0 Å². The molecule has 0 heterocycles. The van der Waals surface area contributed by atoms with Gasteiger partial charge in [0.25, 0.3) is 0 Å². The highest BCUT2D eigenvalue weighted by Gasteiger charge is 2.09. The molecular formula is C9H13NO. The molecule has 0 radical (unpaired) electrons. The van der Waals surface area contributed by atoms with Gasteiger partial charge < -0.3 is 4.84 Å². The van der Waals surface area contributed by atoms with Crippen LogP contribution in [0, 0.1) is 11.8 Å². The second-order valence-corrected chi connectivity index (χ2v) is 2.52. The van der Waals surface area contributed by atoms with Crippen LogP contribution < -0.4 is 0 Å². The number of rotatable bonds is 3. The van der Waals surface area contributed by atoms with E-state index < -0.39 is 0 Å². The van der Waals surface area contributed by atoms with Gasteiger partial charge >= 0.3 is 0 Å². The van der Waals surface area contributed by atoms with Gasteiger partial charge in [0.2, 0.25) is 0 Å². The Morgan fingerprint density at radius 3 is 2.91 bits per heavy atom. The minimum Gasteiger partial charge on any atom is -0.395 e. The quantitative estimate of drug-likeness (QED) is 0.343. The van der Waals surface area contributed by atoms with Crippen molar-refractivity contribution in [3.8, 4) is 11.8 Å². The molecule has 1 fully saturated rings. The molecule has 0 spiro atoms. The smallest absolute Gasteiger partial charge is 0.128 e. The largest absolute Gasteiger partial charge is 0.395 e. The van der Waals surface area contributed by atoms with Gasteiger partial charge in [0, 0.05) is 6.42 Å². The van der Waals surface area contributed by atoms with Crippen molar-refractivity contribution in [3.05, 3.63) is 0 Å². The fourth-order valence-electron chi connectivity index (χ4n) is 0.785. The molecule has 0 atom stereocenters. The zero-order valence-corrected chi connectivity index (χ0v) is 6.89. The van der Waals surface area contributed by atoms with Gasteiger partial charge in [-0.25, -0.2) is 0 Å². The summed E-state index contributed by atoms with van der Waals surface area (Å²) in [6.07, 6.45) is 4.31. The SMILES string of the molecule is CC#CCCON=C1CCC1. The Balaban J connectivity index is 1.97. The minimum absolute atomic E-state index is 0.629. The summed E-state index contributed by atoms with van der Waals surface area (Å²) in [5.41, 5.74) is 1.20. The second-order valence-electron chi connectivity index (χ2n) is 2.52. The van der Waals surface area contributed by atoms with Crippen molar-refractivity contribution in [2.24, 2.45) is 5.16 Å². The molecular weight excluding hydrogens is 138 g/mol. The van der Waals surface area contributed by atoms with E-state index in [-0.39, 0.29) is 0 Å². The average molecular weight is 151 g/mol. The van der Waals surface area contributed by atoms with Crippen LogP contribution in [0.5, 0.6) is 0 Å². The summed E-state index contributed by atoms with van der Waals surface area (Å²) in [6.45, 7) is 2.46. The van der Waals surface area contributed by atoms with E-state index in [0.29, 0.717) is 6.61 Å². The minimum atomic E-state index is 0.629. The van der Waals surface area contributed by atoms with Crippen molar-refractivity contribution < 1.29 is 4.84 Å². The molecule has 1 saturated carbocycles. The normalized spacial score (nSPS) is 14.5. The third kappa shape index (κ3) is 3.08. The fraction of sp³-hybridized carbons (Fsp3) is 0.667. The summed E-state index contributed by atoms with van der Waals surface area (Å²) in [4.78, 5) is 5.03. The molecule has 0 N–H and O–H groups in total. The zero-order chi connectivity index (χ0) is 7.94. The van der Waals surface area contributed by atoms with E-state index in [1.165, 1.54) is 12.1 Å². The number of hydrogen-bond donors (Lipinski definition) is 0. The standard InChI is InChI=1S/C9H13NO/c1-2-3-4-8-11-10-9-6-5-7-9/h4-8H2,1H3. The molecule has 0 aromatic rings. The van der Waals surface area contributed by atoms with Crippen LogP contribution in [0.3, 0.4) is 0 Å². The van der Waals surface area contributed by atoms with Crippen molar-refractivity contribution in [3.63, 3.8) is 0 Å². The Hall–Kier alpha value is -0.970. The van der Waals surface area contributed by atoms with Crippen molar-refractivity contribution >= 4 is 5.71 Å². The number of oxime groups is 1. The third-order valence-corrected chi connectivity index (χ3v) is 1.62. The molecule has 2 heteroatoms. The van der Waals surface area contributed by atoms with Gasteiger partial charge in [0.05, 0.1) is 5.71 Å². The van der Waals surface area contributed by atoms with Gasteiger partial charge in [0.15, 0.2) is 0 Å². The van der Waals surface area contributed by atoms with E-state index in [4.69, 9.17) is 4.84 Å². The maximum absolute atomic E-state index is 5.03. The molecule has 0 unspecified atom stereocenters. The monoisotopic (exact) mass is 151 g/mol. The van der Waals surface area contributed by atoms with Crippen LogP contribution in [-0.2, 0) is 4.84 Å². The fourth-order valence-corrected chi connectivity index (χ4v) is 0.785. The molecule has 1 aliphatic carbocycles.